The molecular formula is C18H30N4O. The highest BCUT2D eigenvalue weighted by Crippen LogP contribution is 2.21. The van der Waals surface area contributed by atoms with Crippen LogP contribution in [0.1, 0.15) is 49.4 Å². The molecule has 0 saturated carbocycles. The smallest absolute Gasteiger partial charge is 0.255 e. The Labute approximate surface area is 140 Å². The summed E-state index contributed by atoms with van der Waals surface area (Å²) < 4.78 is 0. The van der Waals surface area contributed by atoms with Gasteiger partial charge in [-0.1, -0.05) is 6.92 Å². The minimum absolute atomic E-state index is 0.128. The van der Waals surface area contributed by atoms with Gasteiger partial charge in [-0.2, -0.15) is 0 Å². The summed E-state index contributed by atoms with van der Waals surface area (Å²) in [6.45, 7) is 4.98. The summed E-state index contributed by atoms with van der Waals surface area (Å²) in [5.41, 5.74) is 0.698. The van der Waals surface area contributed by atoms with Gasteiger partial charge in [0.2, 0.25) is 0 Å². The van der Waals surface area contributed by atoms with E-state index in [9.17, 15) is 4.79 Å². The third-order valence-corrected chi connectivity index (χ3v) is 4.46. The Balaban J connectivity index is 1.89. The number of amides is 1. The summed E-state index contributed by atoms with van der Waals surface area (Å²) in [5.74, 6) is 0.967. The Bertz CT molecular complexity index is 486. The monoisotopic (exact) mass is 318 g/mol. The molecule has 1 amide bonds. The molecule has 1 aromatic rings. The van der Waals surface area contributed by atoms with Crippen molar-refractivity contribution in [3.8, 4) is 0 Å². The predicted octanol–water partition coefficient (Wildman–Crippen LogP) is 2.85. The highest BCUT2D eigenvalue weighted by molar-refractivity contribution is 5.94. The van der Waals surface area contributed by atoms with Gasteiger partial charge in [-0.05, 0) is 64.9 Å². The van der Waals surface area contributed by atoms with Gasteiger partial charge in [0.05, 0.1) is 5.56 Å². The maximum atomic E-state index is 12.7. The molecule has 5 heteroatoms. The van der Waals surface area contributed by atoms with E-state index in [2.05, 4.69) is 36.2 Å². The fraction of sp³-hybridized carbons (Fsp3) is 0.667. The van der Waals surface area contributed by atoms with E-state index in [1.807, 2.05) is 17.0 Å². The van der Waals surface area contributed by atoms with Crippen molar-refractivity contribution in [2.45, 2.75) is 45.1 Å². The zero-order valence-electron chi connectivity index (χ0n) is 14.7. The molecule has 2 rings (SSSR count). The molecule has 0 bridgehead atoms. The number of carbonyl (C=O) groups excluding carboxylic acids is 1. The van der Waals surface area contributed by atoms with E-state index in [4.69, 9.17) is 0 Å². The third kappa shape index (κ3) is 5.20. The molecule has 1 aromatic heterocycles. The number of anilines is 1. The zero-order chi connectivity index (χ0) is 16.7. The Kier molecular flexibility index (Phi) is 6.84. The summed E-state index contributed by atoms with van der Waals surface area (Å²) in [6.07, 6.45) is 7.28. The van der Waals surface area contributed by atoms with Crippen molar-refractivity contribution in [3.05, 3.63) is 23.9 Å². The van der Waals surface area contributed by atoms with Crippen LogP contribution in [0.4, 0.5) is 5.82 Å². The van der Waals surface area contributed by atoms with Gasteiger partial charge in [-0.15, -0.1) is 0 Å². The standard InChI is InChI=1S/C18H30N4O/c1-4-16-8-5-6-13-22(16)18(23)15-9-10-17(20-14-15)19-11-7-12-21(2)3/h9-10,14,16H,4-8,11-13H2,1-3H3,(H,19,20). The molecule has 2 heterocycles. The van der Waals surface area contributed by atoms with Crippen LogP contribution in [-0.2, 0) is 0 Å². The van der Waals surface area contributed by atoms with Gasteiger partial charge in [0.1, 0.15) is 5.82 Å². The molecule has 128 valence electrons. The molecular weight excluding hydrogens is 288 g/mol. The Morgan fingerprint density at radius 2 is 2.22 bits per heavy atom. The molecule has 1 atom stereocenters. The van der Waals surface area contributed by atoms with E-state index in [-0.39, 0.29) is 5.91 Å². The Hall–Kier alpha value is -1.62. The van der Waals surface area contributed by atoms with E-state index >= 15 is 0 Å². The zero-order valence-corrected chi connectivity index (χ0v) is 14.7. The second-order valence-corrected chi connectivity index (χ2v) is 6.57. The first kappa shape index (κ1) is 17.7. The lowest BCUT2D eigenvalue weighted by Crippen LogP contribution is -2.43. The molecule has 1 unspecified atom stereocenters. The van der Waals surface area contributed by atoms with Crippen molar-refractivity contribution in [1.82, 2.24) is 14.8 Å². The van der Waals surface area contributed by atoms with Gasteiger partial charge < -0.3 is 15.1 Å². The van der Waals surface area contributed by atoms with Crippen molar-refractivity contribution in [3.63, 3.8) is 0 Å². The van der Waals surface area contributed by atoms with E-state index < -0.39 is 0 Å². The first-order chi connectivity index (χ1) is 11.1. The first-order valence-corrected chi connectivity index (χ1v) is 8.77. The summed E-state index contributed by atoms with van der Waals surface area (Å²) in [4.78, 5) is 21.3. The van der Waals surface area contributed by atoms with E-state index in [1.54, 1.807) is 6.20 Å². The molecule has 5 nitrogen and oxygen atoms in total. The lowest BCUT2D eigenvalue weighted by Gasteiger charge is -2.35. The molecule has 1 saturated heterocycles. The summed E-state index contributed by atoms with van der Waals surface area (Å²) in [7, 11) is 4.14. The van der Waals surface area contributed by atoms with Gasteiger partial charge in [0.15, 0.2) is 0 Å². The number of aromatic nitrogens is 1. The van der Waals surface area contributed by atoms with Gasteiger partial charge in [-0.25, -0.2) is 4.98 Å². The van der Waals surface area contributed by atoms with Crippen LogP contribution in [-0.4, -0.2) is 60.5 Å². The number of rotatable bonds is 7. The van der Waals surface area contributed by atoms with E-state index in [1.165, 1.54) is 6.42 Å². The SMILES string of the molecule is CCC1CCCCN1C(=O)c1ccc(NCCCN(C)C)nc1. The molecule has 0 aromatic carbocycles. The molecule has 1 aliphatic rings. The van der Waals surface area contributed by atoms with Gasteiger partial charge in [0.25, 0.3) is 5.91 Å². The van der Waals surface area contributed by atoms with Crippen LogP contribution >= 0.6 is 0 Å². The number of nitrogens with zero attached hydrogens (tertiary/aromatic N) is 3. The van der Waals surface area contributed by atoms with Crippen molar-refractivity contribution in [2.75, 3.05) is 39.0 Å². The van der Waals surface area contributed by atoms with E-state index in [0.717, 1.165) is 51.1 Å². The van der Waals surface area contributed by atoms with Crippen molar-refractivity contribution in [1.29, 1.82) is 0 Å². The number of pyridine rings is 1. The molecule has 1 aliphatic heterocycles. The fourth-order valence-electron chi connectivity index (χ4n) is 3.09. The normalized spacial score (nSPS) is 18.3. The number of piperidine rings is 1. The van der Waals surface area contributed by atoms with Crippen LogP contribution in [0.3, 0.4) is 0 Å². The molecule has 0 spiro atoms. The predicted molar refractivity (Wildman–Crippen MR) is 94.9 cm³/mol. The Morgan fingerprint density at radius 3 is 2.87 bits per heavy atom. The first-order valence-electron chi connectivity index (χ1n) is 8.77. The lowest BCUT2D eigenvalue weighted by molar-refractivity contribution is 0.0607. The minimum Gasteiger partial charge on any atom is -0.370 e. The second kappa shape index (κ2) is 8.87. The fourth-order valence-corrected chi connectivity index (χ4v) is 3.09. The van der Waals surface area contributed by atoms with Gasteiger partial charge in [0, 0.05) is 25.3 Å². The highest BCUT2D eigenvalue weighted by Gasteiger charge is 2.26. The van der Waals surface area contributed by atoms with Gasteiger partial charge >= 0.3 is 0 Å². The highest BCUT2D eigenvalue weighted by atomic mass is 16.2. The third-order valence-electron chi connectivity index (χ3n) is 4.46. The molecule has 23 heavy (non-hydrogen) atoms. The van der Waals surface area contributed by atoms with Crippen molar-refractivity contribution < 1.29 is 4.79 Å². The van der Waals surface area contributed by atoms with Crippen LogP contribution in [0.25, 0.3) is 0 Å². The van der Waals surface area contributed by atoms with Crippen LogP contribution in [0.2, 0.25) is 0 Å². The summed E-state index contributed by atoms with van der Waals surface area (Å²) in [5, 5.41) is 3.30. The molecule has 0 aliphatic carbocycles. The van der Waals surface area contributed by atoms with Crippen LogP contribution in [0.5, 0.6) is 0 Å². The maximum absolute atomic E-state index is 12.7. The minimum atomic E-state index is 0.128. The van der Waals surface area contributed by atoms with Crippen LogP contribution in [0, 0.1) is 0 Å². The quantitative estimate of drug-likeness (QED) is 0.785. The number of hydrogen-bond acceptors (Lipinski definition) is 4. The average molecular weight is 318 g/mol. The average Bonchev–Trinajstić information content (AvgIpc) is 2.58. The van der Waals surface area contributed by atoms with Crippen LogP contribution in [0.15, 0.2) is 18.3 Å². The molecule has 1 fully saturated rings. The molecule has 1 N–H and O–H groups in total. The van der Waals surface area contributed by atoms with Crippen molar-refractivity contribution in [2.24, 2.45) is 0 Å². The molecule has 0 radical (unpaired) electrons. The largest absolute Gasteiger partial charge is 0.370 e. The number of nitrogens with one attached hydrogen (secondary N) is 1. The van der Waals surface area contributed by atoms with Crippen molar-refractivity contribution >= 4 is 11.7 Å². The number of carbonyl (C=O) groups is 1. The number of likely N-dealkylation sites (tertiary alicyclic amines) is 1. The summed E-state index contributed by atoms with van der Waals surface area (Å²) >= 11 is 0. The van der Waals surface area contributed by atoms with E-state index in [0.29, 0.717) is 11.6 Å². The van der Waals surface area contributed by atoms with Crippen LogP contribution < -0.4 is 5.32 Å². The Morgan fingerprint density at radius 1 is 1.39 bits per heavy atom. The number of hydrogen-bond donors (Lipinski definition) is 1. The van der Waals surface area contributed by atoms with Gasteiger partial charge in [-0.3, -0.25) is 4.79 Å². The second-order valence-electron chi connectivity index (χ2n) is 6.57. The summed E-state index contributed by atoms with van der Waals surface area (Å²) in [6, 6.07) is 4.19. The lowest BCUT2D eigenvalue weighted by atomic mass is 9.99. The maximum Gasteiger partial charge on any atom is 0.255 e. The topological polar surface area (TPSA) is 48.5 Å².